The average molecular weight is 709 g/mol. The van der Waals surface area contributed by atoms with Crippen molar-refractivity contribution in [3.05, 3.63) is 52.7 Å². The zero-order chi connectivity index (χ0) is 34.2. The Morgan fingerprint density at radius 2 is 1.54 bits per heavy atom. The van der Waals surface area contributed by atoms with Crippen LogP contribution in [0, 0.1) is 6.92 Å². The number of sulfonamides is 1. The predicted molar refractivity (Wildman–Crippen MR) is 183 cm³/mol. The van der Waals surface area contributed by atoms with Crippen molar-refractivity contribution in [1.29, 1.82) is 0 Å². The first-order valence-electron chi connectivity index (χ1n) is 15.9. The maximum atomic E-state index is 13.5. The number of hydrogen-bond acceptors (Lipinski definition) is 10. The minimum absolute atomic E-state index is 0.00922. The van der Waals surface area contributed by atoms with Gasteiger partial charge in [0.05, 0.1) is 42.2 Å². The molecule has 260 valence electrons. The number of benzene rings is 2. The van der Waals surface area contributed by atoms with E-state index in [1.807, 2.05) is 19.1 Å². The summed E-state index contributed by atoms with van der Waals surface area (Å²) in [6, 6.07) is 7.96. The van der Waals surface area contributed by atoms with Crippen molar-refractivity contribution in [2.75, 3.05) is 72.9 Å². The van der Waals surface area contributed by atoms with E-state index in [1.54, 1.807) is 7.11 Å². The Hall–Kier alpha value is -3.53. The number of alkyl halides is 3. The Labute approximate surface area is 283 Å². The van der Waals surface area contributed by atoms with Crippen molar-refractivity contribution in [1.82, 2.24) is 19.8 Å². The van der Waals surface area contributed by atoms with Crippen LogP contribution < -0.4 is 25.0 Å². The summed E-state index contributed by atoms with van der Waals surface area (Å²) in [6.07, 6.45) is 2.45. The van der Waals surface area contributed by atoms with Crippen molar-refractivity contribution in [2.24, 2.45) is 0 Å². The number of nitrogens with one attached hydrogen (secondary N) is 3. The molecule has 16 heteroatoms. The molecule has 0 bridgehead atoms. The molecule has 3 aliphatic rings. The number of anilines is 6. The molecule has 3 aromatic rings. The molecule has 0 atom stereocenters. The number of halogens is 4. The molecular weight excluding hydrogens is 669 g/mol. The fourth-order valence-corrected chi connectivity index (χ4v) is 7.26. The Morgan fingerprint density at radius 3 is 2.12 bits per heavy atom. The van der Waals surface area contributed by atoms with Crippen molar-refractivity contribution >= 4 is 56.1 Å². The van der Waals surface area contributed by atoms with E-state index in [9.17, 15) is 21.6 Å². The third kappa shape index (κ3) is 8.18. The molecule has 0 amide bonds. The van der Waals surface area contributed by atoms with Crippen LogP contribution >= 0.6 is 11.6 Å². The normalized spacial score (nSPS) is 18.5. The van der Waals surface area contributed by atoms with E-state index in [1.165, 1.54) is 32.1 Å². The number of hydrogen-bond donors (Lipinski definition) is 3. The number of nitrogens with zero attached hydrogens (tertiary/aromatic N) is 5. The lowest BCUT2D eigenvalue weighted by atomic mass is 10.0. The van der Waals surface area contributed by atoms with Gasteiger partial charge < -0.3 is 20.3 Å². The molecule has 6 rings (SSSR count). The summed E-state index contributed by atoms with van der Waals surface area (Å²) in [4.78, 5) is 16.3. The van der Waals surface area contributed by atoms with Crippen LogP contribution in [0.2, 0.25) is 5.02 Å². The Balaban J connectivity index is 1.16. The number of aryl methyl sites for hydroxylation is 1. The molecule has 0 unspecified atom stereocenters. The molecule has 3 heterocycles. The van der Waals surface area contributed by atoms with Crippen molar-refractivity contribution in [3.63, 3.8) is 0 Å². The molecule has 2 saturated heterocycles. The smallest absolute Gasteiger partial charge is 0.416 e. The van der Waals surface area contributed by atoms with Crippen LogP contribution in [0.25, 0.3) is 0 Å². The van der Waals surface area contributed by atoms with Crippen molar-refractivity contribution in [2.45, 2.75) is 50.9 Å². The third-order valence-electron chi connectivity index (χ3n) is 9.14. The van der Waals surface area contributed by atoms with E-state index in [4.69, 9.17) is 16.3 Å². The Kier molecular flexibility index (Phi) is 9.85. The number of ether oxygens (including phenoxy) is 1. The summed E-state index contributed by atoms with van der Waals surface area (Å²) in [5.74, 6) is 0.633. The molecule has 48 heavy (non-hydrogen) atoms. The second kappa shape index (κ2) is 13.8. The van der Waals surface area contributed by atoms with Gasteiger partial charge in [0.1, 0.15) is 10.8 Å². The molecule has 1 saturated carbocycles. The highest BCUT2D eigenvalue weighted by Crippen LogP contribution is 2.39. The van der Waals surface area contributed by atoms with Crippen LogP contribution in [0.1, 0.15) is 36.8 Å². The molecule has 1 aromatic heterocycles. The van der Waals surface area contributed by atoms with Crippen LogP contribution in [0.3, 0.4) is 0 Å². The van der Waals surface area contributed by atoms with Crippen LogP contribution in [-0.4, -0.2) is 92.9 Å². The second-order valence-corrected chi connectivity index (χ2v) is 14.8. The highest BCUT2D eigenvalue weighted by Gasteiger charge is 2.34. The van der Waals surface area contributed by atoms with Crippen LogP contribution in [0.15, 0.2) is 36.5 Å². The molecule has 3 fully saturated rings. The summed E-state index contributed by atoms with van der Waals surface area (Å²) in [5, 5.41) is 5.88. The van der Waals surface area contributed by atoms with Gasteiger partial charge in [-0.1, -0.05) is 11.6 Å². The summed E-state index contributed by atoms with van der Waals surface area (Å²) >= 11 is 6.32. The fourth-order valence-electron chi connectivity index (χ4n) is 6.54. The third-order valence-corrected chi connectivity index (χ3v) is 10.0. The average Bonchev–Trinajstić information content (AvgIpc) is 3.89. The van der Waals surface area contributed by atoms with Gasteiger partial charge in [-0.2, -0.15) is 18.2 Å². The lowest BCUT2D eigenvalue weighted by Crippen LogP contribution is -2.53. The van der Waals surface area contributed by atoms with Gasteiger partial charge in [0.25, 0.3) is 0 Å². The van der Waals surface area contributed by atoms with Crippen molar-refractivity contribution in [3.8, 4) is 5.75 Å². The molecule has 1 aliphatic carbocycles. The molecular formula is C32H40ClF3N8O3S. The fraction of sp³-hybridized carbons (Fsp3) is 0.500. The van der Waals surface area contributed by atoms with E-state index in [-0.39, 0.29) is 28.2 Å². The Bertz CT molecular complexity index is 1740. The lowest BCUT2D eigenvalue weighted by Gasteiger charge is -2.43. The summed E-state index contributed by atoms with van der Waals surface area (Å²) in [7, 11) is -2.23. The summed E-state index contributed by atoms with van der Waals surface area (Å²) in [6.45, 7) is 8.59. The van der Waals surface area contributed by atoms with Gasteiger partial charge in [-0.05, 0) is 62.4 Å². The number of piperazine rings is 1. The SMILES string of the molecule is COc1cc(N2CCC(N3CCN(C4CC4)CC3)CC2)c(C)cc1Nc1ncc(Cl)c(Nc2cc(C(F)(F)F)ccc2NS(C)(=O)=O)n1. The molecule has 0 radical (unpaired) electrons. The van der Waals surface area contributed by atoms with Gasteiger partial charge in [0, 0.05) is 63.1 Å². The first kappa shape index (κ1) is 34.3. The van der Waals surface area contributed by atoms with Gasteiger partial charge in [-0.3, -0.25) is 14.5 Å². The largest absolute Gasteiger partial charge is 0.494 e. The Morgan fingerprint density at radius 1 is 0.896 bits per heavy atom. The first-order chi connectivity index (χ1) is 22.8. The van der Waals surface area contributed by atoms with E-state index < -0.39 is 21.8 Å². The van der Waals surface area contributed by atoms with Gasteiger partial charge in [0.2, 0.25) is 16.0 Å². The quantitative estimate of drug-likeness (QED) is 0.229. The second-order valence-electron chi connectivity index (χ2n) is 12.6. The van der Waals surface area contributed by atoms with E-state index in [0.717, 1.165) is 80.8 Å². The van der Waals surface area contributed by atoms with Crippen LogP contribution in [0.5, 0.6) is 5.75 Å². The monoisotopic (exact) mass is 708 g/mol. The summed E-state index contributed by atoms with van der Waals surface area (Å²) < 4.78 is 72.2. The van der Waals surface area contributed by atoms with E-state index in [2.05, 4.69) is 40.0 Å². The lowest BCUT2D eigenvalue weighted by molar-refractivity contribution is -0.137. The van der Waals surface area contributed by atoms with Gasteiger partial charge in [-0.25, -0.2) is 13.4 Å². The van der Waals surface area contributed by atoms with Crippen LogP contribution in [0.4, 0.5) is 47.7 Å². The highest BCUT2D eigenvalue weighted by atomic mass is 35.5. The molecule has 2 aliphatic heterocycles. The van der Waals surface area contributed by atoms with Gasteiger partial charge >= 0.3 is 6.18 Å². The molecule has 0 spiro atoms. The first-order valence-corrected chi connectivity index (χ1v) is 18.2. The van der Waals surface area contributed by atoms with Gasteiger partial charge in [0.15, 0.2) is 5.82 Å². The number of aromatic nitrogens is 2. The maximum absolute atomic E-state index is 13.5. The molecule has 3 N–H and O–H groups in total. The van der Waals surface area contributed by atoms with E-state index >= 15 is 0 Å². The zero-order valence-corrected chi connectivity index (χ0v) is 28.6. The number of rotatable bonds is 10. The summed E-state index contributed by atoms with van der Waals surface area (Å²) in [5.41, 5.74) is 1.43. The number of methoxy groups -OCH3 is 1. The predicted octanol–water partition coefficient (Wildman–Crippen LogP) is 6.07. The number of piperidine rings is 1. The minimum atomic E-state index is -4.66. The van der Waals surface area contributed by atoms with E-state index in [0.29, 0.717) is 17.5 Å². The molecule has 11 nitrogen and oxygen atoms in total. The van der Waals surface area contributed by atoms with Crippen molar-refractivity contribution < 1.29 is 26.3 Å². The topological polar surface area (TPSA) is 115 Å². The van der Waals surface area contributed by atoms with Gasteiger partial charge in [-0.15, -0.1) is 0 Å². The minimum Gasteiger partial charge on any atom is -0.494 e. The highest BCUT2D eigenvalue weighted by molar-refractivity contribution is 7.92. The molecule has 2 aromatic carbocycles. The maximum Gasteiger partial charge on any atom is 0.416 e. The van der Waals surface area contributed by atoms with Crippen LogP contribution in [-0.2, 0) is 16.2 Å². The zero-order valence-electron chi connectivity index (χ0n) is 27.1. The standard InChI is InChI=1S/C32H40ClF3N8O3S/c1-20-16-27(29(47-2)18-28(20)44-10-8-23(9-11-44)43-14-12-42(13-15-43)22-5-6-22)39-31-37-19-24(33)30(40-31)38-26-17-21(32(34,35)36)4-7-25(26)41-48(3,45)46/h4,7,16-19,22-23,41H,5-6,8-15H2,1-3H3,(H2,37,38,39,40).